The number of hydrogen-bond acceptors (Lipinski definition) is 6. The standard InChI is InChI=1S/C24H30N4O4S/c29-22(27-12-14-32-15-13-27)18-26-8-10-28(11-9-26)24(31)20(17-19-5-2-1-3-6-19)25-23(30)21-7-4-16-33-21/h1-7,16,20H,8-15,17-18H2,(H,25,30)/t20-/m1/s1. The normalized spacial score (nSPS) is 18.1. The van der Waals surface area contributed by atoms with Crippen LogP contribution in [0.15, 0.2) is 47.8 Å². The molecule has 2 saturated heterocycles. The van der Waals surface area contributed by atoms with E-state index in [4.69, 9.17) is 4.74 Å². The topological polar surface area (TPSA) is 82.2 Å². The highest BCUT2D eigenvalue weighted by Crippen LogP contribution is 2.13. The summed E-state index contributed by atoms with van der Waals surface area (Å²) in [6.45, 7) is 5.18. The molecular formula is C24H30N4O4S. The average Bonchev–Trinajstić information content (AvgIpc) is 3.40. The van der Waals surface area contributed by atoms with Crippen LogP contribution in [0.1, 0.15) is 15.2 Å². The van der Waals surface area contributed by atoms with Crippen molar-refractivity contribution < 1.29 is 19.1 Å². The Hall–Kier alpha value is -2.75. The third-order valence-electron chi connectivity index (χ3n) is 6.04. The van der Waals surface area contributed by atoms with Gasteiger partial charge in [0.25, 0.3) is 5.91 Å². The van der Waals surface area contributed by atoms with Crippen LogP contribution < -0.4 is 5.32 Å². The second-order valence-electron chi connectivity index (χ2n) is 8.29. The van der Waals surface area contributed by atoms with Crippen LogP contribution in [-0.4, -0.2) is 97.5 Å². The van der Waals surface area contributed by atoms with Gasteiger partial charge >= 0.3 is 0 Å². The largest absolute Gasteiger partial charge is 0.378 e. The molecule has 9 heteroatoms. The van der Waals surface area contributed by atoms with E-state index in [2.05, 4.69) is 10.2 Å². The first-order valence-corrected chi connectivity index (χ1v) is 12.2. The molecule has 2 aliphatic rings. The number of carbonyl (C=O) groups is 3. The van der Waals surface area contributed by atoms with Crippen molar-refractivity contribution in [3.05, 3.63) is 58.3 Å². The summed E-state index contributed by atoms with van der Waals surface area (Å²) in [5.74, 6) is -0.194. The van der Waals surface area contributed by atoms with E-state index in [9.17, 15) is 14.4 Å². The van der Waals surface area contributed by atoms with Gasteiger partial charge in [-0.15, -0.1) is 11.3 Å². The van der Waals surface area contributed by atoms with Gasteiger partial charge in [0.05, 0.1) is 24.6 Å². The van der Waals surface area contributed by atoms with Gasteiger partial charge in [-0.2, -0.15) is 0 Å². The van der Waals surface area contributed by atoms with Crippen molar-refractivity contribution in [1.82, 2.24) is 20.0 Å². The highest BCUT2D eigenvalue weighted by Gasteiger charge is 2.30. The molecule has 0 radical (unpaired) electrons. The first-order chi connectivity index (χ1) is 16.1. The third kappa shape index (κ3) is 6.40. The fourth-order valence-corrected chi connectivity index (χ4v) is 4.76. The quantitative estimate of drug-likeness (QED) is 0.655. The Morgan fingerprint density at radius 1 is 0.909 bits per heavy atom. The lowest BCUT2D eigenvalue weighted by Crippen LogP contribution is -2.56. The molecule has 1 aromatic carbocycles. The molecule has 1 aromatic heterocycles. The van der Waals surface area contributed by atoms with Gasteiger partial charge in [-0.05, 0) is 17.0 Å². The predicted molar refractivity (Wildman–Crippen MR) is 126 cm³/mol. The zero-order valence-electron chi connectivity index (χ0n) is 18.7. The number of nitrogens with zero attached hydrogens (tertiary/aromatic N) is 3. The Morgan fingerprint density at radius 2 is 1.64 bits per heavy atom. The van der Waals surface area contributed by atoms with Crippen molar-refractivity contribution in [3.8, 4) is 0 Å². The maximum Gasteiger partial charge on any atom is 0.262 e. The Morgan fingerprint density at radius 3 is 2.30 bits per heavy atom. The number of amides is 3. The molecule has 0 saturated carbocycles. The molecule has 8 nitrogen and oxygen atoms in total. The molecule has 1 N–H and O–H groups in total. The first-order valence-electron chi connectivity index (χ1n) is 11.3. The zero-order valence-corrected chi connectivity index (χ0v) is 19.5. The summed E-state index contributed by atoms with van der Waals surface area (Å²) in [4.78, 5) is 44.9. The molecule has 2 aromatic rings. The van der Waals surface area contributed by atoms with Gasteiger partial charge in [-0.1, -0.05) is 36.4 Å². The van der Waals surface area contributed by atoms with Gasteiger partial charge in [-0.25, -0.2) is 0 Å². The van der Waals surface area contributed by atoms with E-state index in [0.29, 0.717) is 70.3 Å². The van der Waals surface area contributed by atoms with Gasteiger partial charge in [0.15, 0.2) is 0 Å². The number of benzene rings is 1. The fraction of sp³-hybridized carbons (Fsp3) is 0.458. The molecule has 0 spiro atoms. The first kappa shape index (κ1) is 23.4. The lowest BCUT2D eigenvalue weighted by atomic mass is 10.0. The summed E-state index contributed by atoms with van der Waals surface area (Å²) in [7, 11) is 0. The number of rotatable bonds is 7. The van der Waals surface area contributed by atoms with Gasteiger partial charge < -0.3 is 19.9 Å². The second-order valence-corrected chi connectivity index (χ2v) is 9.24. The van der Waals surface area contributed by atoms with Crippen LogP contribution in [0.2, 0.25) is 0 Å². The minimum Gasteiger partial charge on any atom is -0.378 e. The van der Waals surface area contributed by atoms with Crippen LogP contribution in [0.25, 0.3) is 0 Å². The minimum atomic E-state index is -0.636. The average molecular weight is 471 g/mol. The van der Waals surface area contributed by atoms with E-state index in [0.717, 1.165) is 5.56 Å². The highest BCUT2D eigenvalue weighted by atomic mass is 32.1. The van der Waals surface area contributed by atoms with Gasteiger partial charge in [0, 0.05) is 45.7 Å². The smallest absolute Gasteiger partial charge is 0.262 e. The van der Waals surface area contributed by atoms with Gasteiger partial charge in [0.2, 0.25) is 11.8 Å². The Bertz CT molecular complexity index is 923. The van der Waals surface area contributed by atoms with E-state index < -0.39 is 6.04 Å². The van der Waals surface area contributed by atoms with Crippen molar-refractivity contribution in [2.24, 2.45) is 0 Å². The highest BCUT2D eigenvalue weighted by molar-refractivity contribution is 7.12. The molecule has 4 rings (SSSR count). The summed E-state index contributed by atoms with van der Waals surface area (Å²) < 4.78 is 5.32. The lowest BCUT2D eigenvalue weighted by Gasteiger charge is -2.37. The number of morpholine rings is 1. The molecule has 0 aliphatic carbocycles. The number of piperazine rings is 1. The molecule has 0 unspecified atom stereocenters. The van der Waals surface area contributed by atoms with Crippen molar-refractivity contribution >= 4 is 29.1 Å². The van der Waals surface area contributed by atoms with E-state index in [1.807, 2.05) is 46.7 Å². The van der Waals surface area contributed by atoms with Crippen molar-refractivity contribution in [3.63, 3.8) is 0 Å². The van der Waals surface area contributed by atoms with E-state index in [1.165, 1.54) is 11.3 Å². The molecule has 0 bridgehead atoms. The molecule has 176 valence electrons. The summed E-state index contributed by atoms with van der Waals surface area (Å²) >= 11 is 1.36. The van der Waals surface area contributed by atoms with Crippen LogP contribution in [0.5, 0.6) is 0 Å². The number of ether oxygens (including phenoxy) is 1. The summed E-state index contributed by atoms with van der Waals surface area (Å²) in [5.41, 5.74) is 0.997. The number of nitrogens with one attached hydrogen (secondary N) is 1. The molecule has 33 heavy (non-hydrogen) atoms. The summed E-state index contributed by atoms with van der Waals surface area (Å²) in [6, 6.07) is 12.7. The predicted octanol–water partition coefficient (Wildman–Crippen LogP) is 1.09. The summed E-state index contributed by atoms with van der Waals surface area (Å²) in [6.07, 6.45) is 0.437. The Kier molecular flexibility index (Phi) is 8.09. The van der Waals surface area contributed by atoms with Crippen LogP contribution in [-0.2, 0) is 20.7 Å². The third-order valence-corrected chi connectivity index (χ3v) is 6.91. The second kappa shape index (κ2) is 11.4. The van der Waals surface area contributed by atoms with Gasteiger partial charge in [0.1, 0.15) is 6.04 Å². The number of hydrogen-bond donors (Lipinski definition) is 1. The van der Waals surface area contributed by atoms with Gasteiger partial charge in [-0.3, -0.25) is 19.3 Å². The van der Waals surface area contributed by atoms with Crippen LogP contribution >= 0.6 is 11.3 Å². The number of carbonyl (C=O) groups excluding carboxylic acids is 3. The maximum atomic E-state index is 13.4. The van der Waals surface area contributed by atoms with E-state index >= 15 is 0 Å². The Labute approximate surface area is 198 Å². The van der Waals surface area contributed by atoms with Crippen LogP contribution in [0, 0.1) is 0 Å². The molecular weight excluding hydrogens is 440 g/mol. The lowest BCUT2D eigenvalue weighted by molar-refractivity contribution is -0.138. The molecule has 3 amide bonds. The monoisotopic (exact) mass is 470 g/mol. The summed E-state index contributed by atoms with van der Waals surface area (Å²) in [5, 5.41) is 4.79. The fourth-order valence-electron chi connectivity index (χ4n) is 4.14. The van der Waals surface area contributed by atoms with E-state index in [1.54, 1.807) is 11.0 Å². The molecule has 1 atom stereocenters. The Balaban J connectivity index is 1.34. The molecule has 2 fully saturated rings. The van der Waals surface area contributed by atoms with Crippen molar-refractivity contribution in [2.75, 3.05) is 59.0 Å². The molecule has 3 heterocycles. The number of thiophene rings is 1. The minimum absolute atomic E-state index is 0.0806. The van der Waals surface area contributed by atoms with Crippen LogP contribution in [0.3, 0.4) is 0 Å². The van der Waals surface area contributed by atoms with Crippen molar-refractivity contribution in [1.29, 1.82) is 0 Å². The van der Waals surface area contributed by atoms with Crippen LogP contribution in [0.4, 0.5) is 0 Å². The zero-order chi connectivity index (χ0) is 23.0. The van der Waals surface area contributed by atoms with E-state index in [-0.39, 0.29) is 17.7 Å². The van der Waals surface area contributed by atoms with Crippen molar-refractivity contribution in [2.45, 2.75) is 12.5 Å². The SMILES string of the molecule is O=C(N[C@H](Cc1ccccc1)C(=O)N1CCN(CC(=O)N2CCOCC2)CC1)c1cccs1. The maximum absolute atomic E-state index is 13.4. The molecule has 2 aliphatic heterocycles.